The molecule has 0 saturated heterocycles. The number of imidazole rings is 1. The van der Waals surface area contributed by atoms with Crippen LogP contribution in [0.3, 0.4) is 0 Å². The Hall–Kier alpha value is -3.59. The number of furan rings is 1. The molecule has 0 spiro atoms. The van der Waals surface area contributed by atoms with E-state index in [0.717, 1.165) is 16.0 Å². The lowest BCUT2D eigenvalue weighted by atomic mass is 10.1. The minimum atomic E-state index is -4.73. The summed E-state index contributed by atoms with van der Waals surface area (Å²) < 4.78 is 61.0. The second-order valence-electron chi connectivity index (χ2n) is 7.52. The third-order valence-corrected chi connectivity index (χ3v) is 5.79. The van der Waals surface area contributed by atoms with Crippen molar-refractivity contribution in [3.05, 3.63) is 89.0 Å². The van der Waals surface area contributed by atoms with Crippen LogP contribution in [0.15, 0.2) is 65.6 Å². The Morgan fingerprint density at radius 2 is 1.94 bits per heavy atom. The van der Waals surface area contributed by atoms with E-state index in [-0.39, 0.29) is 29.5 Å². The van der Waals surface area contributed by atoms with E-state index in [1.807, 2.05) is 0 Å². The van der Waals surface area contributed by atoms with Gasteiger partial charge in [-0.25, -0.2) is 9.37 Å². The summed E-state index contributed by atoms with van der Waals surface area (Å²) in [5.74, 6) is -1.03. The van der Waals surface area contributed by atoms with E-state index in [0.29, 0.717) is 11.1 Å². The summed E-state index contributed by atoms with van der Waals surface area (Å²) in [6.07, 6.45) is 1.06. The summed E-state index contributed by atoms with van der Waals surface area (Å²) in [6.45, 7) is 0.347. The van der Waals surface area contributed by atoms with Gasteiger partial charge in [-0.2, -0.15) is 13.2 Å². The highest BCUT2D eigenvalue weighted by Crippen LogP contribution is 2.37. The number of rotatable bonds is 3. The molecule has 168 valence electrons. The van der Waals surface area contributed by atoms with Crippen LogP contribution < -0.4 is 0 Å². The minimum Gasteiger partial charge on any atom is -0.472 e. The molecular weight excluding hydrogens is 462 g/mol. The van der Waals surface area contributed by atoms with Crippen molar-refractivity contribution in [1.82, 2.24) is 14.3 Å². The molecule has 1 amide bonds. The lowest BCUT2D eigenvalue weighted by Crippen LogP contribution is -2.29. The number of alkyl halides is 3. The average Bonchev–Trinajstić information content (AvgIpc) is 3.53. The summed E-state index contributed by atoms with van der Waals surface area (Å²) in [4.78, 5) is 18.5. The number of amides is 1. The number of benzene rings is 1. The van der Waals surface area contributed by atoms with Crippen molar-refractivity contribution in [3.8, 4) is 11.1 Å². The van der Waals surface area contributed by atoms with Crippen molar-refractivity contribution in [1.29, 1.82) is 0 Å². The number of fused-ring (bicyclic) bond motifs is 1. The molecule has 4 heterocycles. The van der Waals surface area contributed by atoms with Crippen LogP contribution in [0.5, 0.6) is 0 Å². The lowest BCUT2D eigenvalue weighted by molar-refractivity contribution is -0.136. The number of carbonyl (C=O) groups is 1. The first-order chi connectivity index (χ1) is 15.7. The standard InChI is InChI=1S/C23H14ClF4N3O2/c24-20-19(22(32)30-6-4-14(10-30)13-2-1-3-17(25)8-13)29-21-18(23(26,27)28)9-16(11-31(20)21)15-5-7-33-12-15/h1-5,7-9,11-12H,6,10H2. The molecule has 0 N–H and O–H groups in total. The summed E-state index contributed by atoms with van der Waals surface area (Å²) in [5, 5.41) is -0.231. The summed E-state index contributed by atoms with van der Waals surface area (Å²) in [5.41, 5.74) is 0.182. The second-order valence-corrected chi connectivity index (χ2v) is 7.88. The maximum absolute atomic E-state index is 13.8. The van der Waals surface area contributed by atoms with E-state index in [1.54, 1.807) is 18.2 Å². The first kappa shape index (κ1) is 21.3. The van der Waals surface area contributed by atoms with E-state index in [4.69, 9.17) is 16.0 Å². The molecule has 0 fully saturated rings. The summed E-state index contributed by atoms with van der Waals surface area (Å²) in [6, 6.07) is 8.40. The Labute approximate surface area is 189 Å². The van der Waals surface area contributed by atoms with Gasteiger partial charge >= 0.3 is 6.18 Å². The molecule has 1 aliphatic heterocycles. The quantitative estimate of drug-likeness (QED) is 0.344. The topological polar surface area (TPSA) is 50.8 Å². The number of pyridine rings is 1. The fraction of sp³-hybridized carbons (Fsp3) is 0.130. The average molecular weight is 476 g/mol. The van der Waals surface area contributed by atoms with Gasteiger partial charge in [0.25, 0.3) is 5.91 Å². The molecule has 3 aromatic heterocycles. The van der Waals surface area contributed by atoms with Crippen LogP contribution in [-0.2, 0) is 6.18 Å². The molecule has 5 nitrogen and oxygen atoms in total. The maximum atomic E-state index is 13.8. The van der Waals surface area contributed by atoms with Crippen LogP contribution in [0.1, 0.15) is 21.6 Å². The number of carbonyl (C=O) groups excluding carboxylic acids is 1. The number of hydrogen-bond acceptors (Lipinski definition) is 3. The number of halogens is 5. The van der Waals surface area contributed by atoms with E-state index >= 15 is 0 Å². The van der Waals surface area contributed by atoms with Crippen molar-refractivity contribution < 1.29 is 26.8 Å². The van der Waals surface area contributed by atoms with Gasteiger partial charge in [0, 0.05) is 30.4 Å². The lowest BCUT2D eigenvalue weighted by Gasteiger charge is -2.15. The molecule has 10 heteroatoms. The van der Waals surface area contributed by atoms with Crippen LogP contribution in [0, 0.1) is 5.82 Å². The molecule has 0 aliphatic carbocycles. The van der Waals surface area contributed by atoms with Gasteiger partial charge < -0.3 is 9.32 Å². The highest BCUT2D eigenvalue weighted by atomic mass is 35.5. The maximum Gasteiger partial charge on any atom is 0.420 e. The first-order valence-corrected chi connectivity index (χ1v) is 10.2. The molecule has 0 saturated carbocycles. The van der Waals surface area contributed by atoms with E-state index in [9.17, 15) is 22.4 Å². The first-order valence-electron chi connectivity index (χ1n) is 9.78. The van der Waals surface area contributed by atoms with Crippen LogP contribution in [0.4, 0.5) is 17.6 Å². The van der Waals surface area contributed by atoms with Crippen molar-refractivity contribution in [2.45, 2.75) is 6.18 Å². The van der Waals surface area contributed by atoms with Crippen molar-refractivity contribution >= 4 is 28.7 Å². The summed E-state index contributed by atoms with van der Waals surface area (Å²) in [7, 11) is 0. The predicted molar refractivity (Wildman–Crippen MR) is 113 cm³/mol. The Kier molecular flexibility index (Phi) is 5.01. The van der Waals surface area contributed by atoms with Crippen LogP contribution >= 0.6 is 11.6 Å². The molecule has 0 radical (unpaired) electrons. The Bertz CT molecular complexity index is 1410. The zero-order chi connectivity index (χ0) is 23.3. The van der Waals surface area contributed by atoms with Crippen LogP contribution in [-0.4, -0.2) is 33.3 Å². The highest BCUT2D eigenvalue weighted by molar-refractivity contribution is 6.33. The highest BCUT2D eigenvalue weighted by Gasteiger charge is 2.37. The van der Waals surface area contributed by atoms with Gasteiger partial charge in [-0.05, 0) is 35.4 Å². The van der Waals surface area contributed by atoms with Crippen LogP contribution in [0.25, 0.3) is 22.3 Å². The molecule has 1 aromatic carbocycles. The van der Waals surface area contributed by atoms with Gasteiger partial charge in [0.05, 0.1) is 18.1 Å². The molecule has 4 aromatic rings. The molecule has 0 atom stereocenters. The second kappa shape index (κ2) is 7.77. The number of nitrogens with zero attached hydrogens (tertiary/aromatic N) is 3. The van der Waals surface area contributed by atoms with Gasteiger partial charge in [-0.3, -0.25) is 9.20 Å². The third-order valence-electron chi connectivity index (χ3n) is 5.43. The van der Waals surface area contributed by atoms with Gasteiger partial charge in [-0.15, -0.1) is 0 Å². The molecule has 0 bridgehead atoms. The molecule has 5 rings (SSSR count). The molecule has 1 aliphatic rings. The minimum absolute atomic E-state index is 0.152. The fourth-order valence-electron chi connectivity index (χ4n) is 3.81. The third kappa shape index (κ3) is 3.78. The van der Waals surface area contributed by atoms with Crippen molar-refractivity contribution in [2.24, 2.45) is 0 Å². The largest absolute Gasteiger partial charge is 0.472 e. The van der Waals surface area contributed by atoms with Gasteiger partial charge in [0.2, 0.25) is 0 Å². The van der Waals surface area contributed by atoms with Crippen molar-refractivity contribution in [3.63, 3.8) is 0 Å². The normalized spacial score (nSPS) is 14.2. The molecule has 0 unspecified atom stereocenters. The predicted octanol–water partition coefficient (Wildman–Crippen LogP) is 5.95. The number of hydrogen-bond donors (Lipinski definition) is 0. The fourth-order valence-corrected chi connectivity index (χ4v) is 4.06. The van der Waals surface area contributed by atoms with E-state index < -0.39 is 29.1 Å². The summed E-state index contributed by atoms with van der Waals surface area (Å²) >= 11 is 6.36. The Morgan fingerprint density at radius 1 is 1.12 bits per heavy atom. The smallest absolute Gasteiger partial charge is 0.420 e. The molecular formula is C23H14ClF4N3O2. The monoisotopic (exact) mass is 475 g/mol. The van der Waals surface area contributed by atoms with Crippen LogP contribution in [0.2, 0.25) is 5.15 Å². The van der Waals surface area contributed by atoms with Gasteiger partial charge in [0.1, 0.15) is 11.0 Å². The van der Waals surface area contributed by atoms with E-state index in [1.165, 1.54) is 41.8 Å². The van der Waals surface area contributed by atoms with Gasteiger partial charge in [0.15, 0.2) is 11.3 Å². The Morgan fingerprint density at radius 3 is 2.64 bits per heavy atom. The SMILES string of the molecule is O=C(c1nc2c(C(F)(F)F)cc(-c3ccoc3)cn2c1Cl)N1CC=C(c2cccc(F)c2)C1. The number of aromatic nitrogens is 2. The zero-order valence-corrected chi connectivity index (χ0v) is 17.5. The van der Waals surface area contributed by atoms with Gasteiger partial charge in [-0.1, -0.05) is 29.8 Å². The molecule has 33 heavy (non-hydrogen) atoms. The van der Waals surface area contributed by atoms with Crippen molar-refractivity contribution in [2.75, 3.05) is 13.1 Å². The van der Waals surface area contributed by atoms with E-state index in [2.05, 4.69) is 4.98 Å². The zero-order valence-electron chi connectivity index (χ0n) is 16.7. The Balaban J connectivity index is 1.53.